The molecule has 0 amide bonds. The average Bonchev–Trinajstić information content (AvgIpc) is 3.58. The Morgan fingerprint density at radius 2 is 1.78 bits per heavy atom. The molecule has 0 spiro atoms. The monoisotopic (exact) mass is 501 g/mol. The van der Waals surface area contributed by atoms with Crippen molar-refractivity contribution in [2.24, 2.45) is 0 Å². The molecule has 6 heterocycles. The normalized spacial score (nSPS) is 21.7. The Morgan fingerprint density at radius 1 is 0.892 bits per heavy atom. The molecule has 7 rings (SSSR count). The van der Waals surface area contributed by atoms with E-state index in [1.54, 1.807) is 0 Å². The molecule has 1 aromatic carbocycles. The fraction of sp³-hybridized carbons (Fsp3) is 0.536. The van der Waals surface area contributed by atoms with Gasteiger partial charge in [0.05, 0.1) is 19.8 Å². The summed E-state index contributed by atoms with van der Waals surface area (Å²) >= 11 is 0. The van der Waals surface area contributed by atoms with Gasteiger partial charge in [-0.3, -0.25) is 9.47 Å². The Bertz CT molecular complexity index is 1380. The van der Waals surface area contributed by atoms with Crippen molar-refractivity contribution in [3.05, 3.63) is 36.3 Å². The van der Waals surface area contributed by atoms with Crippen molar-refractivity contribution < 1.29 is 9.47 Å². The molecular weight excluding hydrogens is 466 g/mol. The molecule has 0 bridgehead atoms. The lowest BCUT2D eigenvalue weighted by molar-refractivity contribution is -0.0324. The first kappa shape index (κ1) is 23.1. The van der Waals surface area contributed by atoms with Crippen molar-refractivity contribution in [1.82, 2.24) is 29.4 Å². The number of hydrogen-bond acceptors (Lipinski definition) is 7. The fourth-order valence-corrected chi connectivity index (χ4v) is 6.06. The molecule has 1 atom stereocenters. The lowest BCUT2D eigenvalue weighted by Gasteiger charge is -2.29. The smallest absolute Gasteiger partial charge is 0.168 e. The van der Waals surface area contributed by atoms with Gasteiger partial charge >= 0.3 is 0 Å². The molecule has 4 aromatic rings. The Balaban J connectivity index is 1.43. The Morgan fingerprint density at radius 3 is 2.62 bits per heavy atom. The number of anilines is 1. The molecule has 3 aliphatic rings. The fourth-order valence-electron chi connectivity index (χ4n) is 6.06. The number of likely N-dealkylation sites (tertiary alicyclic amines) is 1. The van der Waals surface area contributed by atoms with Gasteiger partial charge in [-0.2, -0.15) is 0 Å². The summed E-state index contributed by atoms with van der Waals surface area (Å²) in [5, 5.41) is 1.13. The van der Waals surface area contributed by atoms with Gasteiger partial charge in [0, 0.05) is 42.4 Å². The Hall–Kier alpha value is -3.01. The van der Waals surface area contributed by atoms with E-state index in [0.29, 0.717) is 13.2 Å². The summed E-state index contributed by atoms with van der Waals surface area (Å²) in [5.74, 6) is 2.69. The quantitative estimate of drug-likeness (QED) is 0.431. The number of benzene rings is 1. The molecule has 1 N–H and O–H groups in total. The molecule has 0 saturated carbocycles. The van der Waals surface area contributed by atoms with E-state index in [-0.39, 0.29) is 6.23 Å². The third-order valence-electron chi connectivity index (χ3n) is 8.00. The van der Waals surface area contributed by atoms with Crippen LogP contribution in [-0.4, -0.2) is 75.4 Å². The standard InChI is InChI=1S/C28H35N7O2/c1-3-12-33(13-4-1)19-23-30-25-27(34-14-17-36-18-15-34)31-26(21-7-6-8-22-20(21)10-11-29-22)32-28(25)35(23)24-9-2-5-16-37-24/h6-8,10-11,24,29H,1-5,9,12-19H2. The number of nitrogens with one attached hydrogen (secondary N) is 1. The number of nitrogens with zero attached hydrogens (tertiary/aromatic N) is 6. The number of piperidine rings is 1. The van der Waals surface area contributed by atoms with Crippen molar-refractivity contribution in [2.45, 2.75) is 51.3 Å². The van der Waals surface area contributed by atoms with Crippen molar-refractivity contribution in [2.75, 3.05) is 50.9 Å². The van der Waals surface area contributed by atoms with E-state index < -0.39 is 0 Å². The molecule has 9 nitrogen and oxygen atoms in total. The molecule has 3 saturated heterocycles. The number of aromatic amines is 1. The number of H-pyrrole nitrogens is 1. The second-order valence-electron chi connectivity index (χ2n) is 10.4. The van der Waals surface area contributed by atoms with Gasteiger partial charge in [0.2, 0.25) is 0 Å². The highest BCUT2D eigenvalue weighted by Crippen LogP contribution is 2.35. The average molecular weight is 502 g/mol. The number of morpholine rings is 1. The van der Waals surface area contributed by atoms with E-state index in [2.05, 4.69) is 43.6 Å². The van der Waals surface area contributed by atoms with Crippen LogP contribution in [0.15, 0.2) is 30.5 Å². The van der Waals surface area contributed by atoms with Crippen LogP contribution in [0.25, 0.3) is 33.5 Å². The third-order valence-corrected chi connectivity index (χ3v) is 8.00. The summed E-state index contributed by atoms with van der Waals surface area (Å²) in [6, 6.07) is 8.39. The molecular formula is C28H35N7O2. The summed E-state index contributed by atoms with van der Waals surface area (Å²) in [5.41, 5.74) is 3.89. The Kier molecular flexibility index (Phi) is 6.28. The maximum Gasteiger partial charge on any atom is 0.168 e. The molecule has 0 radical (unpaired) electrons. The van der Waals surface area contributed by atoms with Crippen molar-refractivity contribution >= 4 is 27.9 Å². The highest BCUT2D eigenvalue weighted by Gasteiger charge is 2.29. The highest BCUT2D eigenvalue weighted by atomic mass is 16.5. The largest absolute Gasteiger partial charge is 0.378 e. The second kappa shape index (κ2) is 10.0. The van der Waals surface area contributed by atoms with E-state index in [0.717, 1.165) is 104 Å². The second-order valence-corrected chi connectivity index (χ2v) is 10.4. The first-order valence-corrected chi connectivity index (χ1v) is 13.9. The van der Waals surface area contributed by atoms with Crippen LogP contribution in [0.3, 0.4) is 0 Å². The van der Waals surface area contributed by atoms with Crippen LogP contribution in [-0.2, 0) is 16.0 Å². The number of aromatic nitrogens is 5. The van der Waals surface area contributed by atoms with Gasteiger partial charge in [-0.1, -0.05) is 18.6 Å². The highest BCUT2D eigenvalue weighted by molar-refractivity contribution is 5.95. The minimum absolute atomic E-state index is 0.0399. The first-order chi connectivity index (χ1) is 18.3. The zero-order valence-electron chi connectivity index (χ0n) is 21.4. The predicted molar refractivity (Wildman–Crippen MR) is 144 cm³/mol. The van der Waals surface area contributed by atoms with Crippen molar-refractivity contribution in [1.29, 1.82) is 0 Å². The van der Waals surface area contributed by atoms with Crippen LogP contribution in [0.5, 0.6) is 0 Å². The molecule has 0 aliphatic carbocycles. The van der Waals surface area contributed by atoms with E-state index >= 15 is 0 Å². The van der Waals surface area contributed by atoms with Crippen LogP contribution < -0.4 is 4.90 Å². The van der Waals surface area contributed by atoms with Crippen LogP contribution in [0.2, 0.25) is 0 Å². The topological polar surface area (TPSA) is 84.3 Å². The van der Waals surface area contributed by atoms with E-state index in [9.17, 15) is 0 Å². The molecule has 37 heavy (non-hydrogen) atoms. The summed E-state index contributed by atoms with van der Waals surface area (Å²) < 4.78 is 14.3. The molecule has 3 aromatic heterocycles. The number of imidazole rings is 1. The molecule has 3 fully saturated rings. The SMILES string of the molecule is c1cc(-c2nc(N3CCOCC3)c3nc(CN4CCCCC4)n(C4CCCCO4)c3n2)c2cc[nH]c2c1. The lowest BCUT2D eigenvalue weighted by atomic mass is 10.1. The van der Waals surface area contributed by atoms with Gasteiger partial charge in [0.25, 0.3) is 0 Å². The molecule has 9 heteroatoms. The van der Waals surface area contributed by atoms with Crippen LogP contribution in [0, 0.1) is 0 Å². The molecule has 3 aliphatic heterocycles. The van der Waals surface area contributed by atoms with Crippen LogP contribution in [0.4, 0.5) is 5.82 Å². The van der Waals surface area contributed by atoms with Gasteiger partial charge in [-0.25, -0.2) is 15.0 Å². The van der Waals surface area contributed by atoms with E-state index in [4.69, 9.17) is 24.4 Å². The first-order valence-electron chi connectivity index (χ1n) is 13.9. The summed E-state index contributed by atoms with van der Waals surface area (Å²) in [6.45, 7) is 6.84. The predicted octanol–water partition coefficient (Wildman–Crippen LogP) is 4.50. The van der Waals surface area contributed by atoms with Gasteiger partial charge in [-0.05, 0) is 57.3 Å². The third kappa shape index (κ3) is 4.39. The van der Waals surface area contributed by atoms with Crippen molar-refractivity contribution in [3.63, 3.8) is 0 Å². The zero-order chi connectivity index (χ0) is 24.6. The van der Waals surface area contributed by atoms with Gasteiger partial charge in [0.1, 0.15) is 12.1 Å². The van der Waals surface area contributed by atoms with Gasteiger partial charge in [-0.15, -0.1) is 0 Å². The van der Waals surface area contributed by atoms with E-state index in [1.165, 1.54) is 19.3 Å². The molecule has 1 unspecified atom stereocenters. The van der Waals surface area contributed by atoms with E-state index in [1.807, 2.05) is 6.20 Å². The number of fused-ring (bicyclic) bond motifs is 2. The zero-order valence-corrected chi connectivity index (χ0v) is 21.4. The van der Waals surface area contributed by atoms with Gasteiger partial charge in [0.15, 0.2) is 22.8 Å². The summed E-state index contributed by atoms with van der Waals surface area (Å²) in [6.07, 6.45) is 9.02. The van der Waals surface area contributed by atoms with Crippen molar-refractivity contribution in [3.8, 4) is 11.4 Å². The number of hydrogen-bond donors (Lipinski definition) is 1. The lowest BCUT2D eigenvalue weighted by Crippen LogP contribution is -2.37. The summed E-state index contributed by atoms with van der Waals surface area (Å²) in [4.78, 5) is 23.9. The number of ether oxygens (including phenoxy) is 2. The summed E-state index contributed by atoms with van der Waals surface area (Å²) in [7, 11) is 0. The van der Waals surface area contributed by atoms with Crippen LogP contribution >= 0.6 is 0 Å². The number of rotatable bonds is 5. The molecule has 194 valence electrons. The van der Waals surface area contributed by atoms with Gasteiger partial charge < -0.3 is 19.4 Å². The Labute approximate surface area is 216 Å². The van der Waals surface area contributed by atoms with Crippen LogP contribution in [0.1, 0.15) is 50.6 Å². The maximum atomic E-state index is 6.35. The minimum atomic E-state index is -0.0399. The maximum absolute atomic E-state index is 6.35. The minimum Gasteiger partial charge on any atom is -0.378 e.